The van der Waals surface area contributed by atoms with Gasteiger partial charge in [0.25, 0.3) is 0 Å². The van der Waals surface area contributed by atoms with Crippen LogP contribution in [0.2, 0.25) is 0 Å². The van der Waals surface area contributed by atoms with Gasteiger partial charge in [0.2, 0.25) is 0 Å². The van der Waals surface area contributed by atoms with Crippen molar-refractivity contribution in [2.45, 2.75) is 49.6 Å². The van der Waals surface area contributed by atoms with E-state index in [-0.39, 0.29) is 11.4 Å². The van der Waals surface area contributed by atoms with E-state index in [1.165, 1.54) is 11.8 Å². The molecule has 0 unspecified atom stereocenters. The van der Waals surface area contributed by atoms with Crippen molar-refractivity contribution in [3.05, 3.63) is 47.7 Å². The molecule has 0 bridgehead atoms. The molecule has 1 aromatic heterocycles. The summed E-state index contributed by atoms with van der Waals surface area (Å²) in [5.74, 6) is 0.622. The second-order valence-corrected chi connectivity index (χ2v) is 6.90. The van der Waals surface area contributed by atoms with Gasteiger partial charge in [-0.3, -0.25) is 0 Å². The van der Waals surface area contributed by atoms with Crippen molar-refractivity contribution in [3.63, 3.8) is 0 Å². The third kappa shape index (κ3) is 4.12. The van der Waals surface area contributed by atoms with E-state index in [4.69, 9.17) is 4.42 Å². The Bertz CT molecular complexity index is 586. The average molecular weight is 293 g/mol. The fourth-order valence-electron chi connectivity index (χ4n) is 1.70. The van der Waals surface area contributed by atoms with Crippen molar-refractivity contribution < 1.29 is 8.81 Å². The van der Waals surface area contributed by atoms with Gasteiger partial charge in [0.05, 0.1) is 11.2 Å². The SMILES string of the molecule is Cc1occc1Sc1ccc(CNC(C)(C)C)cc1F. The highest BCUT2D eigenvalue weighted by molar-refractivity contribution is 7.99. The van der Waals surface area contributed by atoms with Gasteiger partial charge in [-0.05, 0) is 51.5 Å². The van der Waals surface area contributed by atoms with Crippen molar-refractivity contribution in [1.29, 1.82) is 0 Å². The number of rotatable bonds is 4. The monoisotopic (exact) mass is 293 g/mol. The molecule has 0 fully saturated rings. The molecule has 1 heterocycles. The number of hydrogen-bond donors (Lipinski definition) is 1. The lowest BCUT2D eigenvalue weighted by Crippen LogP contribution is -2.35. The van der Waals surface area contributed by atoms with Gasteiger partial charge in [-0.15, -0.1) is 0 Å². The molecular formula is C16H20FNOS. The first-order valence-electron chi connectivity index (χ1n) is 6.60. The van der Waals surface area contributed by atoms with Crippen LogP contribution in [0.3, 0.4) is 0 Å². The van der Waals surface area contributed by atoms with Crippen LogP contribution < -0.4 is 5.32 Å². The van der Waals surface area contributed by atoms with E-state index in [0.29, 0.717) is 11.4 Å². The van der Waals surface area contributed by atoms with Gasteiger partial charge in [0.1, 0.15) is 11.6 Å². The summed E-state index contributed by atoms with van der Waals surface area (Å²) in [6, 6.07) is 7.23. The minimum Gasteiger partial charge on any atom is -0.468 e. The molecule has 108 valence electrons. The van der Waals surface area contributed by atoms with Crippen molar-refractivity contribution in [3.8, 4) is 0 Å². The summed E-state index contributed by atoms with van der Waals surface area (Å²) in [4.78, 5) is 1.57. The molecule has 2 aromatic rings. The highest BCUT2D eigenvalue weighted by atomic mass is 32.2. The van der Waals surface area contributed by atoms with Crippen molar-refractivity contribution in [2.24, 2.45) is 0 Å². The summed E-state index contributed by atoms with van der Waals surface area (Å²) in [6.07, 6.45) is 1.62. The molecule has 0 aliphatic carbocycles. The minimum atomic E-state index is -0.191. The van der Waals surface area contributed by atoms with Gasteiger partial charge in [0.15, 0.2) is 0 Å². The highest BCUT2D eigenvalue weighted by Crippen LogP contribution is 2.32. The lowest BCUT2D eigenvalue weighted by atomic mass is 10.1. The fraction of sp³-hybridized carbons (Fsp3) is 0.375. The molecule has 0 amide bonds. The van der Waals surface area contributed by atoms with E-state index in [0.717, 1.165) is 16.2 Å². The zero-order chi connectivity index (χ0) is 14.8. The van der Waals surface area contributed by atoms with E-state index in [1.54, 1.807) is 12.3 Å². The Morgan fingerprint density at radius 1 is 1.20 bits per heavy atom. The first-order chi connectivity index (χ1) is 9.35. The predicted octanol–water partition coefficient (Wildman–Crippen LogP) is 4.77. The smallest absolute Gasteiger partial charge is 0.137 e. The van der Waals surface area contributed by atoms with Crippen LogP contribution in [0.25, 0.3) is 0 Å². The maximum atomic E-state index is 14.1. The van der Waals surface area contributed by atoms with E-state index in [2.05, 4.69) is 26.1 Å². The van der Waals surface area contributed by atoms with Gasteiger partial charge < -0.3 is 9.73 Å². The van der Waals surface area contributed by atoms with Crippen LogP contribution in [-0.4, -0.2) is 5.54 Å². The number of hydrogen-bond acceptors (Lipinski definition) is 3. The van der Waals surface area contributed by atoms with Crippen LogP contribution in [0.5, 0.6) is 0 Å². The Labute approximate surface area is 123 Å². The first kappa shape index (κ1) is 15.1. The Balaban J connectivity index is 2.08. The molecule has 2 nitrogen and oxygen atoms in total. The van der Waals surface area contributed by atoms with Gasteiger partial charge >= 0.3 is 0 Å². The third-order valence-corrected chi connectivity index (χ3v) is 4.04. The Morgan fingerprint density at radius 2 is 1.95 bits per heavy atom. The van der Waals surface area contributed by atoms with E-state index >= 15 is 0 Å². The van der Waals surface area contributed by atoms with Gasteiger partial charge in [0, 0.05) is 17.0 Å². The molecule has 2 rings (SSSR count). The van der Waals surface area contributed by atoms with Gasteiger partial charge in [-0.1, -0.05) is 17.8 Å². The predicted molar refractivity (Wildman–Crippen MR) is 80.6 cm³/mol. The molecule has 0 radical (unpaired) electrons. The lowest BCUT2D eigenvalue weighted by molar-refractivity contribution is 0.423. The van der Waals surface area contributed by atoms with Crippen LogP contribution >= 0.6 is 11.8 Å². The zero-order valence-corrected chi connectivity index (χ0v) is 13.1. The van der Waals surface area contributed by atoms with E-state index in [9.17, 15) is 4.39 Å². The van der Waals surface area contributed by atoms with E-state index in [1.807, 2.05) is 25.1 Å². The molecule has 1 aromatic carbocycles. The summed E-state index contributed by atoms with van der Waals surface area (Å²) in [6.45, 7) is 8.82. The Hall–Kier alpha value is -1.26. The molecule has 1 N–H and O–H groups in total. The van der Waals surface area contributed by atoms with Crippen molar-refractivity contribution in [2.75, 3.05) is 0 Å². The molecule has 0 spiro atoms. The minimum absolute atomic E-state index is 0.0256. The van der Waals surface area contributed by atoms with E-state index < -0.39 is 0 Å². The molecule has 0 atom stereocenters. The molecule has 0 aliphatic rings. The number of nitrogens with one attached hydrogen (secondary N) is 1. The third-order valence-electron chi connectivity index (χ3n) is 2.85. The van der Waals surface area contributed by atoms with Crippen LogP contribution in [-0.2, 0) is 6.54 Å². The standard InChI is InChI=1S/C16H20FNOS/c1-11-14(7-8-19-11)20-15-6-5-12(9-13(15)17)10-18-16(2,3)4/h5-9,18H,10H2,1-4H3. The summed E-state index contributed by atoms with van der Waals surface area (Å²) in [5.41, 5.74) is 0.975. The first-order valence-corrected chi connectivity index (χ1v) is 7.42. The molecule has 0 saturated carbocycles. The normalized spacial score (nSPS) is 11.8. The summed E-state index contributed by atoms with van der Waals surface area (Å²) >= 11 is 1.39. The number of aryl methyl sites for hydroxylation is 1. The molecular weight excluding hydrogens is 273 g/mol. The Morgan fingerprint density at radius 3 is 2.50 bits per heavy atom. The van der Waals surface area contributed by atoms with Crippen LogP contribution in [0.1, 0.15) is 32.1 Å². The topological polar surface area (TPSA) is 25.2 Å². The van der Waals surface area contributed by atoms with Gasteiger partial charge in [-0.2, -0.15) is 0 Å². The fourth-order valence-corrected chi connectivity index (χ4v) is 2.55. The summed E-state index contributed by atoms with van der Waals surface area (Å²) in [7, 11) is 0. The average Bonchev–Trinajstić information content (AvgIpc) is 2.75. The van der Waals surface area contributed by atoms with Crippen LogP contribution in [0.4, 0.5) is 4.39 Å². The summed E-state index contributed by atoms with van der Waals surface area (Å²) < 4.78 is 19.3. The molecule has 0 aliphatic heterocycles. The zero-order valence-electron chi connectivity index (χ0n) is 12.3. The number of benzene rings is 1. The lowest BCUT2D eigenvalue weighted by Gasteiger charge is -2.20. The second-order valence-electron chi connectivity index (χ2n) is 5.81. The van der Waals surface area contributed by atoms with Gasteiger partial charge in [-0.25, -0.2) is 4.39 Å². The van der Waals surface area contributed by atoms with Crippen molar-refractivity contribution >= 4 is 11.8 Å². The maximum Gasteiger partial charge on any atom is 0.137 e. The number of furan rings is 1. The number of halogens is 1. The largest absolute Gasteiger partial charge is 0.468 e. The molecule has 0 saturated heterocycles. The molecule has 4 heteroatoms. The summed E-state index contributed by atoms with van der Waals surface area (Å²) in [5, 5.41) is 3.35. The Kier molecular flexibility index (Phi) is 4.55. The van der Waals surface area contributed by atoms with Crippen LogP contribution in [0.15, 0.2) is 44.7 Å². The molecule has 20 heavy (non-hydrogen) atoms. The second kappa shape index (κ2) is 6.02. The van der Waals surface area contributed by atoms with Crippen molar-refractivity contribution in [1.82, 2.24) is 5.32 Å². The maximum absolute atomic E-state index is 14.1. The quantitative estimate of drug-likeness (QED) is 0.879. The highest BCUT2D eigenvalue weighted by Gasteiger charge is 2.11. The van der Waals surface area contributed by atoms with Crippen LogP contribution in [0, 0.1) is 12.7 Å².